The number of nitrogens with zero attached hydrogens (tertiary/aromatic N) is 2. The number of amides is 2. The molecule has 1 aliphatic heterocycles. The van der Waals surface area contributed by atoms with Gasteiger partial charge in [0.25, 0.3) is 0 Å². The van der Waals surface area contributed by atoms with Gasteiger partial charge in [-0.25, -0.2) is 4.79 Å². The number of carbonyl (C=O) groups excluding carboxylic acids is 1. The van der Waals surface area contributed by atoms with Crippen LogP contribution in [0.5, 0.6) is 0 Å². The summed E-state index contributed by atoms with van der Waals surface area (Å²) in [5, 5.41) is 0. The molecule has 4 nitrogen and oxygen atoms in total. The highest BCUT2D eigenvalue weighted by atomic mass is 16.2. The summed E-state index contributed by atoms with van der Waals surface area (Å²) in [6, 6.07) is 0.224. The molecular formula is C15H29N3O. The highest BCUT2D eigenvalue weighted by molar-refractivity contribution is 5.75. The molecular weight excluding hydrogens is 238 g/mol. The average Bonchev–Trinajstić information content (AvgIpc) is 2.90. The maximum atomic E-state index is 12.8. The van der Waals surface area contributed by atoms with E-state index in [2.05, 4.69) is 18.7 Å². The minimum Gasteiger partial charge on any atom is -0.328 e. The fraction of sp³-hybridized carbons (Fsp3) is 0.933. The van der Waals surface area contributed by atoms with Crippen molar-refractivity contribution in [3.05, 3.63) is 0 Å². The van der Waals surface area contributed by atoms with Crippen LogP contribution in [0.25, 0.3) is 0 Å². The van der Waals surface area contributed by atoms with Crippen LogP contribution in [0.1, 0.15) is 52.4 Å². The van der Waals surface area contributed by atoms with Gasteiger partial charge in [-0.1, -0.05) is 19.8 Å². The number of hydrogen-bond donors (Lipinski definition) is 1. The highest BCUT2D eigenvalue weighted by Gasteiger charge is 2.41. The molecule has 0 bridgehead atoms. The zero-order valence-corrected chi connectivity index (χ0v) is 12.5. The van der Waals surface area contributed by atoms with Crippen molar-refractivity contribution < 1.29 is 4.79 Å². The summed E-state index contributed by atoms with van der Waals surface area (Å²) in [5.74, 6) is 0.758. The molecule has 4 heteroatoms. The lowest BCUT2D eigenvalue weighted by atomic mass is 9.94. The van der Waals surface area contributed by atoms with Gasteiger partial charge in [0.2, 0.25) is 0 Å². The molecule has 1 saturated carbocycles. The van der Waals surface area contributed by atoms with Crippen LogP contribution in [0, 0.1) is 5.92 Å². The van der Waals surface area contributed by atoms with Crippen molar-refractivity contribution in [1.29, 1.82) is 0 Å². The summed E-state index contributed by atoms with van der Waals surface area (Å²) in [6.45, 7) is 7.57. The summed E-state index contributed by atoms with van der Waals surface area (Å²) in [4.78, 5) is 16.9. The molecule has 0 radical (unpaired) electrons. The lowest BCUT2D eigenvalue weighted by molar-refractivity contribution is 0.0836. The van der Waals surface area contributed by atoms with Crippen LogP contribution in [-0.2, 0) is 0 Å². The topological polar surface area (TPSA) is 49.6 Å². The van der Waals surface area contributed by atoms with E-state index in [0.717, 1.165) is 51.2 Å². The Labute approximate surface area is 117 Å². The molecule has 19 heavy (non-hydrogen) atoms. The number of likely N-dealkylation sites (tertiary alicyclic amines) is 1. The maximum Gasteiger partial charge on any atom is 0.320 e. The highest BCUT2D eigenvalue weighted by Crippen LogP contribution is 2.35. The summed E-state index contributed by atoms with van der Waals surface area (Å²) >= 11 is 0. The first kappa shape index (κ1) is 14.6. The second kappa shape index (κ2) is 6.12. The first-order valence-electron chi connectivity index (χ1n) is 7.89. The fourth-order valence-electron chi connectivity index (χ4n) is 3.66. The van der Waals surface area contributed by atoms with Crippen LogP contribution in [0.15, 0.2) is 0 Å². The van der Waals surface area contributed by atoms with Crippen LogP contribution in [-0.4, -0.2) is 47.5 Å². The standard InChI is InChI=1S/C15H29N3O/c1-3-18(15(12-16)8-4-5-9-15)14(19)17-10-6-13(2)7-11-17/h13H,3-12,16H2,1-2H3. The third kappa shape index (κ3) is 2.88. The monoisotopic (exact) mass is 267 g/mol. The van der Waals surface area contributed by atoms with Crippen molar-refractivity contribution in [3.63, 3.8) is 0 Å². The smallest absolute Gasteiger partial charge is 0.320 e. The molecule has 0 unspecified atom stereocenters. The number of hydrogen-bond acceptors (Lipinski definition) is 2. The van der Waals surface area contributed by atoms with Crippen LogP contribution >= 0.6 is 0 Å². The summed E-state index contributed by atoms with van der Waals surface area (Å²) in [7, 11) is 0. The van der Waals surface area contributed by atoms with Crippen LogP contribution in [0.4, 0.5) is 4.79 Å². The number of urea groups is 1. The Hall–Kier alpha value is -0.770. The van der Waals surface area contributed by atoms with E-state index in [0.29, 0.717) is 6.54 Å². The van der Waals surface area contributed by atoms with E-state index in [1.54, 1.807) is 0 Å². The number of likely N-dealkylation sites (N-methyl/N-ethyl adjacent to an activating group) is 1. The molecule has 2 aliphatic rings. The van der Waals surface area contributed by atoms with E-state index in [-0.39, 0.29) is 11.6 Å². The van der Waals surface area contributed by atoms with Gasteiger partial charge in [0.1, 0.15) is 0 Å². The number of rotatable bonds is 3. The SMILES string of the molecule is CCN(C(=O)N1CCC(C)CC1)C1(CN)CCCC1. The molecule has 2 N–H and O–H groups in total. The zero-order chi connectivity index (χ0) is 13.9. The summed E-state index contributed by atoms with van der Waals surface area (Å²) in [6.07, 6.45) is 6.84. The van der Waals surface area contributed by atoms with E-state index in [4.69, 9.17) is 5.73 Å². The molecule has 2 amide bonds. The van der Waals surface area contributed by atoms with Gasteiger partial charge in [0, 0.05) is 26.2 Å². The van der Waals surface area contributed by atoms with Crippen molar-refractivity contribution in [2.45, 2.75) is 57.9 Å². The van der Waals surface area contributed by atoms with Gasteiger partial charge in [0.05, 0.1) is 5.54 Å². The van der Waals surface area contributed by atoms with E-state index >= 15 is 0 Å². The van der Waals surface area contributed by atoms with Crippen molar-refractivity contribution in [2.24, 2.45) is 11.7 Å². The Kier molecular flexibility index (Phi) is 4.71. The molecule has 0 aromatic heterocycles. The minimum absolute atomic E-state index is 0.0606. The third-order valence-corrected chi connectivity index (χ3v) is 5.09. The number of nitrogens with two attached hydrogens (primary N) is 1. The molecule has 1 saturated heterocycles. The number of carbonyl (C=O) groups is 1. The number of piperidine rings is 1. The Morgan fingerprint density at radius 3 is 2.37 bits per heavy atom. The normalized spacial score (nSPS) is 23.6. The molecule has 1 heterocycles. The van der Waals surface area contributed by atoms with Gasteiger partial charge >= 0.3 is 6.03 Å². The molecule has 0 atom stereocenters. The first-order valence-corrected chi connectivity index (χ1v) is 7.89. The molecule has 1 aliphatic carbocycles. The maximum absolute atomic E-state index is 12.8. The van der Waals surface area contributed by atoms with Gasteiger partial charge in [-0.2, -0.15) is 0 Å². The van der Waals surface area contributed by atoms with Gasteiger partial charge < -0.3 is 15.5 Å². The van der Waals surface area contributed by atoms with Crippen molar-refractivity contribution >= 4 is 6.03 Å². The Bertz CT molecular complexity index is 305. The van der Waals surface area contributed by atoms with E-state index in [1.807, 2.05) is 4.90 Å². The lowest BCUT2D eigenvalue weighted by Crippen LogP contribution is -2.59. The minimum atomic E-state index is -0.0606. The fourth-order valence-corrected chi connectivity index (χ4v) is 3.66. The van der Waals surface area contributed by atoms with Gasteiger partial charge in [-0.3, -0.25) is 0 Å². The van der Waals surface area contributed by atoms with Crippen molar-refractivity contribution in [3.8, 4) is 0 Å². The first-order chi connectivity index (χ1) is 9.13. The van der Waals surface area contributed by atoms with Crippen LogP contribution < -0.4 is 5.73 Å². The second-order valence-corrected chi connectivity index (χ2v) is 6.33. The van der Waals surface area contributed by atoms with Crippen LogP contribution in [0.2, 0.25) is 0 Å². The Balaban J connectivity index is 2.06. The lowest BCUT2D eigenvalue weighted by Gasteiger charge is -2.44. The molecule has 2 fully saturated rings. The summed E-state index contributed by atoms with van der Waals surface area (Å²) in [5.41, 5.74) is 5.96. The predicted octanol–water partition coefficient (Wildman–Crippen LogP) is 2.43. The van der Waals surface area contributed by atoms with Crippen LogP contribution in [0.3, 0.4) is 0 Å². The molecule has 0 aromatic carbocycles. The molecule has 110 valence electrons. The predicted molar refractivity (Wildman–Crippen MR) is 78.0 cm³/mol. The van der Waals surface area contributed by atoms with Gasteiger partial charge in [0.15, 0.2) is 0 Å². The largest absolute Gasteiger partial charge is 0.328 e. The van der Waals surface area contributed by atoms with Crippen molar-refractivity contribution in [1.82, 2.24) is 9.80 Å². The van der Waals surface area contributed by atoms with E-state index in [1.165, 1.54) is 12.8 Å². The molecule has 0 aromatic rings. The second-order valence-electron chi connectivity index (χ2n) is 6.33. The summed E-state index contributed by atoms with van der Waals surface area (Å²) < 4.78 is 0. The van der Waals surface area contributed by atoms with Gasteiger partial charge in [-0.05, 0) is 38.5 Å². The molecule has 2 rings (SSSR count). The third-order valence-electron chi connectivity index (χ3n) is 5.09. The average molecular weight is 267 g/mol. The molecule has 0 spiro atoms. The Morgan fingerprint density at radius 1 is 1.32 bits per heavy atom. The van der Waals surface area contributed by atoms with E-state index in [9.17, 15) is 4.79 Å². The van der Waals surface area contributed by atoms with Crippen molar-refractivity contribution in [2.75, 3.05) is 26.2 Å². The van der Waals surface area contributed by atoms with E-state index < -0.39 is 0 Å². The quantitative estimate of drug-likeness (QED) is 0.854. The Morgan fingerprint density at radius 2 is 1.89 bits per heavy atom. The van der Waals surface area contributed by atoms with Gasteiger partial charge in [-0.15, -0.1) is 0 Å². The zero-order valence-electron chi connectivity index (χ0n) is 12.5.